The molecular weight excluding hydrogens is 266 g/mol. The van der Waals surface area contributed by atoms with Gasteiger partial charge in [0.15, 0.2) is 0 Å². The van der Waals surface area contributed by atoms with Gasteiger partial charge in [-0.3, -0.25) is 4.79 Å². The smallest absolute Gasteiger partial charge is 0.257 e. The molecule has 0 bridgehead atoms. The number of rotatable bonds is 4. The number of aliphatic hydroxyl groups excluding tert-OH is 1. The van der Waals surface area contributed by atoms with Crippen LogP contribution in [0, 0.1) is 0 Å². The molecular formula is C17H19NO3. The number of benzene rings is 2. The molecule has 2 aromatic rings. The van der Waals surface area contributed by atoms with Crippen molar-refractivity contribution in [1.29, 1.82) is 0 Å². The van der Waals surface area contributed by atoms with Gasteiger partial charge < -0.3 is 15.1 Å². The van der Waals surface area contributed by atoms with E-state index in [2.05, 4.69) is 0 Å². The zero-order chi connectivity index (χ0) is 14.8. The lowest BCUT2D eigenvalue weighted by Crippen LogP contribution is -2.45. The van der Waals surface area contributed by atoms with Crippen LogP contribution in [-0.2, 0) is 0 Å². The van der Waals surface area contributed by atoms with Gasteiger partial charge in [-0.15, -0.1) is 0 Å². The summed E-state index contributed by atoms with van der Waals surface area (Å²) in [6.07, 6.45) is 3.06. The van der Waals surface area contributed by atoms with Crippen molar-refractivity contribution in [3.05, 3.63) is 42.0 Å². The number of phenols is 1. The minimum atomic E-state index is -0.197. The second kappa shape index (κ2) is 5.74. The van der Waals surface area contributed by atoms with Crippen LogP contribution in [0.1, 0.15) is 29.6 Å². The number of hydrogen-bond donors (Lipinski definition) is 2. The summed E-state index contributed by atoms with van der Waals surface area (Å²) in [5.41, 5.74) is 0.314. The lowest BCUT2D eigenvalue weighted by molar-refractivity contribution is 0.0523. The molecule has 0 radical (unpaired) electrons. The van der Waals surface area contributed by atoms with Crippen molar-refractivity contribution < 1.29 is 15.0 Å². The summed E-state index contributed by atoms with van der Waals surface area (Å²) in [4.78, 5) is 14.4. The molecule has 3 rings (SSSR count). The molecule has 0 heterocycles. The largest absolute Gasteiger partial charge is 0.506 e. The third-order valence-electron chi connectivity index (χ3n) is 4.25. The fourth-order valence-corrected chi connectivity index (χ4v) is 2.84. The first-order valence-corrected chi connectivity index (χ1v) is 7.35. The third-order valence-corrected chi connectivity index (χ3v) is 4.25. The third kappa shape index (κ3) is 2.47. The Kier molecular flexibility index (Phi) is 3.80. The summed E-state index contributed by atoms with van der Waals surface area (Å²) in [5, 5.41) is 21.2. The summed E-state index contributed by atoms with van der Waals surface area (Å²) >= 11 is 0. The van der Waals surface area contributed by atoms with Gasteiger partial charge in [0.1, 0.15) is 5.75 Å². The van der Waals surface area contributed by atoms with E-state index in [9.17, 15) is 15.0 Å². The van der Waals surface area contributed by atoms with Crippen molar-refractivity contribution in [2.24, 2.45) is 0 Å². The van der Waals surface area contributed by atoms with Crippen LogP contribution in [0.15, 0.2) is 36.4 Å². The van der Waals surface area contributed by atoms with Gasteiger partial charge in [0, 0.05) is 18.0 Å². The maximum atomic E-state index is 12.7. The van der Waals surface area contributed by atoms with Gasteiger partial charge in [0.2, 0.25) is 0 Å². The highest BCUT2D eigenvalue weighted by atomic mass is 16.3. The number of amides is 1. The molecule has 0 atom stereocenters. The first kappa shape index (κ1) is 13.9. The SMILES string of the molecule is O=C(c1ccc2ccccc2c1O)N(CCO)C1CCC1. The van der Waals surface area contributed by atoms with E-state index in [1.165, 1.54) is 0 Å². The minimum Gasteiger partial charge on any atom is -0.506 e. The van der Waals surface area contributed by atoms with Crippen LogP contribution in [0.4, 0.5) is 0 Å². The van der Waals surface area contributed by atoms with Gasteiger partial charge in [0.05, 0.1) is 12.2 Å². The van der Waals surface area contributed by atoms with Gasteiger partial charge in [-0.25, -0.2) is 0 Å². The Morgan fingerprint density at radius 1 is 1.19 bits per heavy atom. The van der Waals surface area contributed by atoms with E-state index in [-0.39, 0.29) is 24.3 Å². The number of aromatic hydroxyl groups is 1. The Morgan fingerprint density at radius 2 is 1.95 bits per heavy atom. The second-order valence-electron chi connectivity index (χ2n) is 5.49. The molecule has 0 spiro atoms. The van der Waals surface area contributed by atoms with Crippen LogP contribution < -0.4 is 0 Å². The molecule has 2 N–H and O–H groups in total. The molecule has 4 heteroatoms. The Hall–Kier alpha value is -2.07. The molecule has 2 aromatic carbocycles. The lowest BCUT2D eigenvalue weighted by Gasteiger charge is -2.37. The molecule has 0 saturated heterocycles. The topological polar surface area (TPSA) is 60.8 Å². The van der Waals surface area contributed by atoms with Crippen LogP contribution in [0.5, 0.6) is 5.75 Å². The highest BCUT2D eigenvalue weighted by Gasteiger charge is 2.30. The van der Waals surface area contributed by atoms with E-state index in [1.807, 2.05) is 24.3 Å². The van der Waals surface area contributed by atoms with E-state index in [0.29, 0.717) is 17.5 Å². The Balaban J connectivity index is 1.98. The fourth-order valence-electron chi connectivity index (χ4n) is 2.84. The minimum absolute atomic E-state index is 0.0281. The van der Waals surface area contributed by atoms with Crippen molar-refractivity contribution in [3.8, 4) is 5.75 Å². The molecule has 110 valence electrons. The van der Waals surface area contributed by atoms with E-state index in [4.69, 9.17) is 0 Å². The van der Waals surface area contributed by atoms with Crippen molar-refractivity contribution in [2.45, 2.75) is 25.3 Å². The molecule has 1 saturated carbocycles. The summed E-state index contributed by atoms with van der Waals surface area (Å²) in [6.45, 7) is 0.256. The zero-order valence-corrected chi connectivity index (χ0v) is 11.8. The van der Waals surface area contributed by atoms with E-state index in [1.54, 1.807) is 17.0 Å². The quantitative estimate of drug-likeness (QED) is 0.907. The second-order valence-corrected chi connectivity index (χ2v) is 5.49. The average molecular weight is 285 g/mol. The van der Waals surface area contributed by atoms with Crippen molar-refractivity contribution >= 4 is 16.7 Å². The van der Waals surface area contributed by atoms with Gasteiger partial charge in [-0.2, -0.15) is 0 Å². The van der Waals surface area contributed by atoms with Crippen molar-refractivity contribution in [1.82, 2.24) is 4.90 Å². The van der Waals surface area contributed by atoms with Gasteiger partial charge in [-0.1, -0.05) is 30.3 Å². The predicted molar refractivity (Wildman–Crippen MR) is 81.4 cm³/mol. The molecule has 1 aliphatic carbocycles. The van der Waals surface area contributed by atoms with Crippen LogP contribution in [0.25, 0.3) is 10.8 Å². The maximum absolute atomic E-state index is 12.7. The number of carbonyl (C=O) groups is 1. The molecule has 1 aliphatic rings. The number of carbonyl (C=O) groups excluding carboxylic acids is 1. The first-order valence-electron chi connectivity index (χ1n) is 7.35. The Morgan fingerprint density at radius 3 is 2.62 bits per heavy atom. The molecule has 0 unspecified atom stereocenters. The number of aliphatic hydroxyl groups is 1. The molecule has 1 fully saturated rings. The van der Waals surface area contributed by atoms with Gasteiger partial charge in [-0.05, 0) is 30.7 Å². The fraction of sp³-hybridized carbons (Fsp3) is 0.353. The number of phenolic OH excluding ortho intramolecular Hbond substituents is 1. The summed E-state index contributed by atoms with van der Waals surface area (Å²) in [5.74, 6) is -0.169. The first-order chi connectivity index (χ1) is 10.2. The number of hydrogen-bond acceptors (Lipinski definition) is 3. The standard InChI is InChI=1S/C17H19NO3/c19-11-10-18(13-5-3-6-13)17(21)15-9-8-12-4-1-2-7-14(12)16(15)20/h1-2,4,7-9,13,19-20H,3,5-6,10-11H2. The lowest BCUT2D eigenvalue weighted by atomic mass is 9.90. The van der Waals surface area contributed by atoms with Gasteiger partial charge >= 0.3 is 0 Å². The van der Waals surface area contributed by atoms with Crippen LogP contribution >= 0.6 is 0 Å². The molecule has 21 heavy (non-hydrogen) atoms. The number of fused-ring (bicyclic) bond motifs is 1. The Labute approximate surface area is 123 Å². The van der Waals surface area contributed by atoms with E-state index >= 15 is 0 Å². The zero-order valence-electron chi connectivity index (χ0n) is 11.8. The van der Waals surface area contributed by atoms with Crippen LogP contribution in [-0.4, -0.2) is 40.2 Å². The molecule has 1 amide bonds. The molecule has 0 aliphatic heterocycles. The van der Waals surface area contributed by atoms with Crippen LogP contribution in [0.3, 0.4) is 0 Å². The Bertz CT molecular complexity index is 664. The summed E-state index contributed by atoms with van der Waals surface area (Å²) in [7, 11) is 0. The van der Waals surface area contributed by atoms with Gasteiger partial charge in [0.25, 0.3) is 5.91 Å². The maximum Gasteiger partial charge on any atom is 0.257 e. The highest BCUT2D eigenvalue weighted by Crippen LogP contribution is 2.32. The van der Waals surface area contributed by atoms with E-state index < -0.39 is 0 Å². The van der Waals surface area contributed by atoms with E-state index in [0.717, 1.165) is 24.6 Å². The monoisotopic (exact) mass is 285 g/mol. The highest BCUT2D eigenvalue weighted by molar-refractivity contribution is 6.03. The molecule has 0 aromatic heterocycles. The predicted octanol–water partition coefficient (Wildman–Crippen LogP) is 2.53. The van der Waals surface area contributed by atoms with Crippen molar-refractivity contribution in [2.75, 3.05) is 13.2 Å². The molecule has 4 nitrogen and oxygen atoms in total. The normalized spacial score (nSPS) is 14.9. The average Bonchev–Trinajstić information content (AvgIpc) is 2.45. The van der Waals surface area contributed by atoms with Crippen molar-refractivity contribution in [3.63, 3.8) is 0 Å². The number of nitrogens with zero attached hydrogens (tertiary/aromatic N) is 1. The summed E-state index contributed by atoms with van der Waals surface area (Å²) in [6, 6.07) is 11.2. The summed E-state index contributed by atoms with van der Waals surface area (Å²) < 4.78 is 0. The van der Waals surface area contributed by atoms with Crippen LogP contribution in [0.2, 0.25) is 0 Å².